The molecule has 0 saturated carbocycles. The number of methoxy groups -OCH3 is 1. The fourth-order valence-corrected chi connectivity index (χ4v) is 3.29. The molecule has 2 aromatic carbocycles. The minimum absolute atomic E-state index is 0.0379. The number of benzene rings is 2. The second-order valence-corrected chi connectivity index (χ2v) is 6.69. The van der Waals surface area contributed by atoms with Crippen molar-refractivity contribution < 1.29 is 19.2 Å². The zero-order valence-electron chi connectivity index (χ0n) is 15.5. The van der Waals surface area contributed by atoms with Crippen LogP contribution in [0.15, 0.2) is 48.5 Å². The Morgan fingerprint density at radius 3 is 2.62 bits per heavy atom. The van der Waals surface area contributed by atoms with Gasteiger partial charge in [-0.05, 0) is 30.2 Å². The smallest absolute Gasteiger partial charge is 0.252 e. The van der Waals surface area contributed by atoms with Gasteiger partial charge in [-0.25, -0.2) is 0 Å². The lowest BCUT2D eigenvalue weighted by molar-refractivity contribution is -0.909. The highest BCUT2D eigenvalue weighted by molar-refractivity contribution is 5.95. The van der Waals surface area contributed by atoms with E-state index in [2.05, 4.69) is 17.4 Å². The van der Waals surface area contributed by atoms with Gasteiger partial charge in [-0.3, -0.25) is 4.79 Å². The molecule has 1 aliphatic heterocycles. The van der Waals surface area contributed by atoms with Crippen LogP contribution >= 0.6 is 0 Å². The minimum atomic E-state index is -0.0789. The number of hydrogen-bond acceptors (Lipinski definition) is 3. The second-order valence-electron chi connectivity index (χ2n) is 6.69. The number of nitrogens with one attached hydrogen (secondary N) is 2. The molecular formula is C21H27N2O3+. The SMILES string of the molecule is COc1cc(C(=O)N[C@@H](C[NH+]2CCOCC2)c2ccccc2)ccc1C. The van der Waals surface area contributed by atoms with E-state index in [-0.39, 0.29) is 11.9 Å². The summed E-state index contributed by atoms with van der Waals surface area (Å²) in [5, 5.41) is 3.21. The molecule has 5 heteroatoms. The maximum Gasteiger partial charge on any atom is 0.252 e. The summed E-state index contributed by atoms with van der Waals surface area (Å²) in [5.74, 6) is 0.650. The van der Waals surface area contributed by atoms with Crippen molar-refractivity contribution in [3.05, 3.63) is 65.2 Å². The quantitative estimate of drug-likeness (QED) is 0.823. The molecule has 1 heterocycles. The molecule has 1 amide bonds. The summed E-state index contributed by atoms with van der Waals surface area (Å²) in [4.78, 5) is 14.3. The standard InChI is InChI=1S/C21H26N2O3/c1-16-8-9-18(14-20(16)25-2)21(24)22-19(17-6-4-3-5-7-17)15-23-10-12-26-13-11-23/h3-9,14,19H,10-13,15H2,1-2H3,(H,22,24)/p+1/t19-/m0/s1. The van der Waals surface area contributed by atoms with Gasteiger partial charge < -0.3 is 19.7 Å². The summed E-state index contributed by atoms with van der Waals surface area (Å²) in [5.41, 5.74) is 2.76. The van der Waals surface area contributed by atoms with E-state index in [1.807, 2.05) is 37.3 Å². The number of amides is 1. The van der Waals surface area contributed by atoms with Crippen LogP contribution in [-0.2, 0) is 4.74 Å². The van der Waals surface area contributed by atoms with Gasteiger partial charge in [0, 0.05) is 5.56 Å². The number of carbonyl (C=O) groups is 1. The first-order valence-corrected chi connectivity index (χ1v) is 9.09. The molecule has 2 N–H and O–H groups in total. The predicted octanol–water partition coefficient (Wildman–Crippen LogP) is 1.39. The van der Waals surface area contributed by atoms with Crippen LogP contribution in [0.5, 0.6) is 5.75 Å². The van der Waals surface area contributed by atoms with Gasteiger partial charge in [0.25, 0.3) is 5.91 Å². The van der Waals surface area contributed by atoms with Gasteiger partial charge in [-0.2, -0.15) is 0 Å². The number of rotatable bonds is 6. The molecule has 0 unspecified atom stereocenters. The van der Waals surface area contributed by atoms with E-state index in [9.17, 15) is 4.79 Å². The van der Waals surface area contributed by atoms with Gasteiger partial charge in [0.05, 0.1) is 20.3 Å². The Hall–Kier alpha value is -2.37. The number of carbonyl (C=O) groups excluding carboxylic acids is 1. The normalized spacial score (nSPS) is 16.1. The number of hydrogen-bond donors (Lipinski definition) is 2. The summed E-state index contributed by atoms with van der Waals surface area (Å²) >= 11 is 0. The Morgan fingerprint density at radius 2 is 1.92 bits per heavy atom. The van der Waals surface area contributed by atoms with E-state index >= 15 is 0 Å². The Kier molecular flexibility index (Phi) is 6.26. The molecule has 0 aliphatic carbocycles. The van der Waals surface area contributed by atoms with Crippen molar-refractivity contribution in [1.29, 1.82) is 0 Å². The van der Waals surface area contributed by atoms with Gasteiger partial charge in [0.2, 0.25) is 0 Å². The fourth-order valence-electron chi connectivity index (χ4n) is 3.29. The number of quaternary nitrogens is 1. The van der Waals surface area contributed by atoms with Crippen molar-refractivity contribution in [3.63, 3.8) is 0 Å². The Morgan fingerprint density at radius 1 is 1.19 bits per heavy atom. The molecular weight excluding hydrogens is 328 g/mol. The first-order chi connectivity index (χ1) is 12.7. The van der Waals surface area contributed by atoms with Crippen molar-refractivity contribution >= 4 is 5.91 Å². The summed E-state index contributed by atoms with van der Waals surface area (Å²) in [7, 11) is 1.62. The van der Waals surface area contributed by atoms with Crippen molar-refractivity contribution in [2.45, 2.75) is 13.0 Å². The third-order valence-electron chi connectivity index (χ3n) is 4.87. The van der Waals surface area contributed by atoms with Crippen molar-refractivity contribution in [1.82, 2.24) is 5.32 Å². The molecule has 3 rings (SSSR count). The van der Waals surface area contributed by atoms with Crippen LogP contribution < -0.4 is 15.0 Å². The highest BCUT2D eigenvalue weighted by atomic mass is 16.5. The molecule has 0 radical (unpaired) electrons. The summed E-state index contributed by atoms with van der Waals surface area (Å²) in [6, 6.07) is 15.7. The lowest BCUT2D eigenvalue weighted by Gasteiger charge is -2.28. The van der Waals surface area contributed by atoms with Crippen molar-refractivity contribution in [3.8, 4) is 5.75 Å². The molecule has 1 saturated heterocycles. The number of ether oxygens (including phenoxy) is 2. The van der Waals surface area contributed by atoms with Crippen LogP contribution in [0.1, 0.15) is 27.5 Å². The molecule has 1 atom stereocenters. The van der Waals surface area contributed by atoms with Crippen LogP contribution in [0.4, 0.5) is 0 Å². The van der Waals surface area contributed by atoms with E-state index in [0.717, 1.165) is 49.7 Å². The molecule has 26 heavy (non-hydrogen) atoms. The van der Waals surface area contributed by atoms with Gasteiger partial charge in [0.15, 0.2) is 0 Å². The highest BCUT2D eigenvalue weighted by Gasteiger charge is 2.23. The lowest BCUT2D eigenvalue weighted by atomic mass is 10.0. The van der Waals surface area contributed by atoms with Crippen LogP contribution in [0.25, 0.3) is 0 Å². The summed E-state index contributed by atoms with van der Waals surface area (Å²) in [6.45, 7) is 6.31. The van der Waals surface area contributed by atoms with E-state index in [0.29, 0.717) is 5.56 Å². The molecule has 0 spiro atoms. The molecule has 0 aromatic heterocycles. The van der Waals surface area contributed by atoms with E-state index in [1.165, 1.54) is 4.90 Å². The van der Waals surface area contributed by atoms with Gasteiger partial charge in [-0.15, -0.1) is 0 Å². The summed E-state index contributed by atoms with van der Waals surface area (Å²) in [6.07, 6.45) is 0. The van der Waals surface area contributed by atoms with Gasteiger partial charge in [-0.1, -0.05) is 36.4 Å². The van der Waals surface area contributed by atoms with Crippen LogP contribution in [-0.4, -0.2) is 45.9 Å². The molecule has 1 aliphatic rings. The second kappa shape index (κ2) is 8.83. The zero-order valence-corrected chi connectivity index (χ0v) is 15.5. The lowest BCUT2D eigenvalue weighted by Crippen LogP contribution is -3.14. The Balaban J connectivity index is 1.77. The van der Waals surface area contributed by atoms with E-state index in [1.54, 1.807) is 13.2 Å². The zero-order chi connectivity index (χ0) is 18.4. The molecule has 2 aromatic rings. The van der Waals surface area contributed by atoms with E-state index < -0.39 is 0 Å². The van der Waals surface area contributed by atoms with E-state index in [4.69, 9.17) is 9.47 Å². The van der Waals surface area contributed by atoms with Crippen LogP contribution in [0.2, 0.25) is 0 Å². The van der Waals surface area contributed by atoms with Crippen LogP contribution in [0.3, 0.4) is 0 Å². The van der Waals surface area contributed by atoms with Crippen molar-refractivity contribution in [2.75, 3.05) is 40.0 Å². The Bertz CT molecular complexity index is 727. The Labute approximate surface area is 154 Å². The maximum atomic E-state index is 12.8. The monoisotopic (exact) mass is 355 g/mol. The molecule has 138 valence electrons. The largest absolute Gasteiger partial charge is 0.496 e. The topological polar surface area (TPSA) is 52.0 Å². The molecule has 5 nitrogen and oxygen atoms in total. The molecule has 1 fully saturated rings. The van der Waals surface area contributed by atoms with Crippen molar-refractivity contribution in [2.24, 2.45) is 0 Å². The number of aryl methyl sites for hydroxylation is 1. The molecule has 0 bridgehead atoms. The van der Waals surface area contributed by atoms with Gasteiger partial charge >= 0.3 is 0 Å². The third-order valence-corrected chi connectivity index (χ3v) is 4.87. The first kappa shape index (κ1) is 18.4. The predicted molar refractivity (Wildman–Crippen MR) is 101 cm³/mol. The summed E-state index contributed by atoms with van der Waals surface area (Å²) < 4.78 is 10.8. The highest BCUT2D eigenvalue weighted by Crippen LogP contribution is 2.20. The number of morpholine rings is 1. The third kappa shape index (κ3) is 4.62. The minimum Gasteiger partial charge on any atom is -0.496 e. The first-order valence-electron chi connectivity index (χ1n) is 9.09. The maximum absolute atomic E-state index is 12.8. The van der Waals surface area contributed by atoms with Crippen LogP contribution in [0, 0.1) is 6.92 Å². The average molecular weight is 355 g/mol. The fraction of sp³-hybridized carbons (Fsp3) is 0.381. The average Bonchev–Trinajstić information content (AvgIpc) is 2.69. The van der Waals surface area contributed by atoms with Gasteiger partial charge in [0.1, 0.15) is 31.4 Å².